The summed E-state index contributed by atoms with van der Waals surface area (Å²) >= 11 is 0. The van der Waals surface area contributed by atoms with E-state index in [0.717, 1.165) is 17.8 Å². The van der Waals surface area contributed by atoms with Gasteiger partial charge in [0.25, 0.3) is 0 Å². The van der Waals surface area contributed by atoms with Crippen LogP contribution in [0.5, 0.6) is 11.5 Å². The number of pyridine rings is 1. The van der Waals surface area contributed by atoms with Crippen molar-refractivity contribution in [1.82, 2.24) is 4.98 Å². The van der Waals surface area contributed by atoms with Crippen LogP contribution >= 0.6 is 0 Å². The van der Waals surface area contributed by atoms with E-state index in [9.17, 15) is 12.9 Å². The number of aromatic nitrogens is 1. The van der Waals surface area contributed by atoms with Gasteiger partial charge < -0.3 is 22.8 Å². The van der Waals surface area contributed by atoms with Crippen molar-refractivity contribution in [2.75, 3.05) is 0 Å². The van der Waals surface area contributed by atoms with Crippen LogP contribution in [0, 0.1) is 0 Å². The van der Waals surface area contributed by atoms with Crippen molar-refractivity contribution in [3.63, 3.8) is 0 Å². The third kappa shape index (κ3) is 3.64. The van der Waals surface area contributed by atoms with Gasteiger partial charge in [-0.1, -0.05) is 17.6 Å². The summed E-state index contributed by atoms with van der Waals surface area (Å²) < 4.78 is 42.8. The van der Waals surface area contributed by atoms with E-state index in [4.69, 9.17) is 9.84 Å². The highest BCUT2D eigenvalue weighted by atomic mass is 19.4. The SMILES string of the molecule is Oc1ccc(COc2cncc([B-](F)(F)F)c2)cc1. The van der Waals surface area contributed by atoms with Crippen molar-refractivity contribution in [1.29, 1.82) is 0 Å². The van der Waals surface area contributed by atoms with Gasteiger partial charge in [-0.3, -0.25) is 4.98 Å². The lowest BCUT2D eigenvalue weighted by Crippen LogP contribution is -2.34. The predicted molar refractivity (Wildman–Crippen MR) is 65.4 cm³/mol. The lowest BCUT2D eigenvalue weighted by molar-refractivity contribution is 0.305. The van der Waals surface area contributed by atoms with Crippen molar-refractivity contribution in [3.05, 3.63) is 48.3 Å². The summed E-state index contributed by atoms with van der Waals surface area (Å²) in [6.45, 7) is -4.97. The van der Waals surface area contributed by atoms with Gasteiger partial charge in [-0.25, -0.2) is 0 Å². The Kier molecular flexibility index (Phi) is 3.64. The molecule has 7 heteroatoms. The maximum atomic E-state index is 12.5. The Hall–Kier alpha value is -2.18. The number of phenols is 1. The van der Waals surface area contributed by atoms with Crippen LogP contribution in [0.15, 0.2) is 42.7 Å². The molecule has 0 saturated heterocycles. The number of nitrogens with zero attached hydrogens (tertiary/aromatic N) is 1. The van der Waals surface area contributed by atoms with Crippen molar-refractivity contribution >= 4 is 12.4 Å². The lowest BCUT2D eigenvalue weighted by atomic mass is 9.81. The Labute approximate surface area is 107 Å². The first-order valence-corrected chi connectivity index (χ1v) is 5.51. The number of phenolic OH excluding ortho intramolecular Hbond substituents is 1. The van der Waals surface area contributed by atoms with Crippen LogP contribution in [0.1, 0.15) is 5.56 Å². The average molecular weight is 268 g/mol. The number of rotatable bonds is 4. The van der Waals surface area contributed by atoms with Gasteiger partial charge in [0.05, 0.1) is 6.20 Å². The second-order valence-corrected chi connectivity index (χ2v) is 3.98. The van der Waals surface area contributed by atoms with Gasteiger partial charge in [0.1, 0.15) is 18.1 Å². The first-order valence-electron chi connectivity index (χ1n) is 5.51. The highest BCUT2D eigenvalue weighted by molar-refractivity contribution is 6.73. The van der Waals surface area contributed by atoms with E-state index in [1.54, 1.807) is 12.1 Å². The van der Waals surface area contributed by atoms with Gasteiger partial charge in [-0.05, 0) is 23.8 Å². The molecule has 0 aliphatic heterocycles. The standard InChI is InChI=1S/C12H10BF3NO2/c14-13(15,16)10-5-12(7-17-6-10)19-8-9-1-3-11(18)4-2-9/h1-7,18H,8H2/q-1. The van der Waals surface area contributed by atoms with Crippen molar-refractivity contribution in [2.24, 2.45) is 0 Å². The fourth-order valence-electron chi connectivity index (χ4n) is 1.45. The van der Waals surface area contributed by atoms with Gasteiger partial charge >= 0.3 is 6.98 Å². The van der Waals surface area contributed by atoms with Crippen LogP contribution in [0.4, 0.5) is 12.9 Å². The summed E-state index contributed by atoms with van der Waals surface area (Å²) in [5, 5.41) is 9.09. The molecule has 100 valence electrons. The molecule has 0 saturated carbocycles. The van der Waals surface area contributed by atoms with Crippen molar-refractivity contribution in [3.8, 4) is 11.5 Å². The Balaban J connectivity index is 2.05. The van der Waals surface area contributed by atoms with Crippen LogP contribution in [-0.2, 0) is 6.61 Å². The molecule has 0 spiro atoms. The zero-order chi connectivity index (χ0) is 13.9. The third-order valence-corrected chi connectivity index (χ3v) is 2.45. The molecule has 3 nitrogen and oxygen atoms in total. The van der Waals surface area contributed by atoms with E-state index in [0.29, 0.717) is 0 Å². The molecule has 2 rings (SSSR count). The quantitative estimate of drug-likeness (QED) is 0.866. The van der Waals surface area contributed by atoms with Crippen LogP contribution < -0.4 is 10.2 Å². The molecule has 0 radical (unpaired) electrons. The molecule has 0 aliphatic rings. The summed E-state index contributed by atoms with van der Waals surface area (Å²) in [6.07, 6.45) is 2.00. The second-order valence-electron chi connectivity index (χ2n) is 3.98. The number of hydrogen-bond donors (Lipinski definition) is 1. The molecule has 0 amide bonds. The highest BCUT2D eigenvalue weighted by Crippen LogP contribution is 2.15. The topological polar surface area (TPSA) is 42.4 Å². The minimum Gasteiger partial charge on any atom is -0.508 e. The number of benzene rings is 1. The zero-order valence-electron chi connectivity index (χ0n) is 9.76. The Morgan fingerprint density at radius 2 is 1.79 bits per heavy atom. The molecule has 0 unspecified atom stereocenters. The number of hydrogen-bond acceptors (Lipinski definition) is 3. The Morgan fingerprint density at radius 1 is 1.11 bits per heavy atom. The molecule has 1 heterocycles. The first-order chi connectivity index (χ1) is 8.95. The monoisotopic (exact) mass is 268 g/mol. The van der Waals surface area contributed by atoms with Crippen molar-refractivity contribution < 1.29 is 22.8 Å². The van der Waals surface area contributed by atoms with Gasteiger partial charge in [-0.2, -0.15) is 0 Å². The molecule has 0 fully saturated rings. The van der Waals surface area contributed by atoms with E-state index in [2.05, 4.69) is 4.98 Å². The molecule has 0 aliphatic carbocycles. The van der Waals surface area contributed by atoms with Gasteiger partial charge in [0, 0.05) is 6.20 Å². The minimum absolute atomic E-state index is 0.0600. The molecular formula is C12H10BF3NO2-. The van der Waals surface area contributed by atoms with E-state index < -0.39 is 12.4 Å². The van der Waals surface area contributed by atoms with Gasteiger partial charge in [-0.15, -0.1) is 0 Å². The van der Waals surface area contributed by atoms with Crippen molar-refractivity contribution in [2.45, 2.75) is 6.61 Å². The summed E-state index contributed by atoms with van der Waals surface area (Å²) in [5.41, 5.74) is -0.0519. The molecule has 0 bridgehead atoms. The van der Waals surface area contributed by atoms with E-state index in [1.807, 2.05) is 0 Å². The fraction of sp³-hybridized carbons (Fsp3) is 0.0833. The van der Waals surface area contributed by atoms with E-state index >= 15 is 0 Å². The molecule has 19 heavy (non-hydrogen) atoms. The largest absolute Gasteiger partial charge is 0.511 e. The first kappa shape index (κ1) is 13.3. The Morgan fingerprint density at radius 3 is 2.42 bits per heavy atom. The smallest absolute Gasteiger partial charge is 0.508 e. The maximum Gasteiger partial charge on any atom is 0.511 e. The number of aromatic hydroxyl groups is 1. The molecule has 1 aromatic carbocycles. The molecule has 2 aromatic rings. The summed E-state index contributed by atoms with van der Waals surface area (Å²) in [5.74, 6) is 0.178. The van der Waals surface area contributed by atoms with Gasteiger partial charge in [0.15, 0.2) is 0 Å². The summed E-state index contributed by atoms with van der Waals surface area (Å²) in [6, 6.07) is 7.13. The summed E-state index contributed by atoms with van der Waals surface area (Å²) in [7, 11) is 0. The maximum absolute atomic E-state index is 12.5. The van der Waals surface area contributed by atoms with Crippen LogP contribution in [0.2, 0.25) is 0 Å². The number of halogens is 3. The predicted octanol–water partition coefficient (Wildman–Crippen LogP) is 2.42. The molecule has 1 N–H and O–H groups in total. The van der Waals surface area contributed by atoms with Gasteiger partial charge in [0.2, 0.25) is 0 Å². The summed E-state index contributed by atoms with van der Waals surface area (Å²) in [4.78, 5) is 3.51. The van der Waals surface area contributed by atoms with E-state index in [1.165, 1.54) is 18.3 Å². The average Bonchev–Trinajstić information content (AvgIpc) is 2.37. The normalized spacial score (nSPS) is 11.3. The highest BCUT2D eigenvalue weighted by Gasteiger charge is 2.26. The van der Waals surface area contributed by atoms with Crippen LogP contribution in [-0.4, -0.2) is 17.1 Å². The van der Waals surface area contributed by atoms with Crippen LogP contribution in [0.3, 0.4) is 0 Å². The molecule has 0 atom stereocenters. The fourth-order valence-corrected chi connectivity index (χ4v) is 1.45. The number of ether oxygens (including phenoxy) is 1. The third-order valence-electron chi connectivity index (χ3n) is 2.45. The second kappa shape index (κ2) is 5.21. The minimum atomic E-state index is -5.08. The zero-order valence-corrected chi connectivity index (χ0v) is 9.76. The van der Waals surface area contributed by atoms with Crippen LogP contribution in [0.25, 0.3) is 0 Å². The Bertz CT molecular complexity index is 558. The molecule has 1 aromatic heterocycles. The molecular weight excluding hydrogens is 258 g/mol. The lowest BCUT2D eigenvalue weighted by Gasteiger charge is -2.15. The van der Waals surface area contributed by atoms with E-state index in [-0.39, 0.29) is 18.1 Å².